The fourth-order valence-electron chi connectivity index (χ4n) is 1.87. The fourth-order valence-corrected chi connectivity index (χ4v) is 2.84. The number of methoxy groups -OCH3 is 1. The molecule has 0 aromatic carbocycles. The van der Waals surface area contributed by atoms with Crippen molar-refractivity contribution < 1.29 is 9.53 Å². The van der Waals surface area contributed by atoms with Crippen molar-refractivity contribution in [1.82, 2.24) is 24.7 Å². The summed E-state index contributed by atoms with van der Waals surface area (Å²) in [5.74, 6) is 0.00795. The van der Waals surface area contributed by atoms with Gasteiger partial charge in [0.15, 0.2) is 5.82 Å². The van der Waals surface area contributed by atoms with E-state index >= 15 is 0 Å². The third-order valence-corrected chi connectivity index (χ3v) is 4.04. The molecule has 3 aromatic heterocycles. The summed E-state index contributed by atoms with van der Waals surface area (Å²) < 4.78 is 5.99. The van der Waals surface area contributed by atoms with Gasteiger partial charge in [-0.15, -0.1) is 16.4 Å². The molecule has 21 heavy (non-hydrogen) atoms. The molecule has 0 aliphatic heterocycles. The van der Waals surface area contributed by atoms with Crippen molar-refractivity contribution >= 4 is 33.5 Å². The van der Waals surface area contributed by atoms with Crippen molar-refractivity contribution in [3.8, 4) is 5.82 Å². The van der Waals surface area contributed by atoms with E-state index in [0.29, 0.717) is 5.82 Å². The molecule has 3 aromatic rings. The van der Waals surface area contributed by atoms with Gasteiger partial charge in [0.25, 0.3) is 5.82 Å². The SMILES string of the molecule is CCc1cc2c(-n3cnc(C(=O)OC)n3)nc(N)nc2s1. The maximum absolute atomic E-state index is 11.4. The van der Waals surface area contributed by atoms with Gasteiger partial charge >= 0.3 is 5.97 Å². The third kappa shape index (κ3) is 2.31. The van der Waals surface area contributed by atoms with E-state index in [9.17, 15) is 4.79 Å². The van der Waals surface area contributed by atoms with Crippen molar-refractivity contribution in [3.05, 3.63) is 23.1 Å². The summed E-state index contributed by atoms with van der Waals surface area (Å²) >= 11 is 1.55. The number of thiophene rings is 1. The Bertz CT molecular complexity index is 824. The molecule has 0 fully saturated rings. The van der Waals surface area contributed by atoms with Gasteiger partial charge in [-0.25, -0.2) is 19.4 Å². The highest BCUT2D eigenvalue weighted by molar-refractivity contribution is 7.18. The van der Waals surface area contributed by atoms with Gasteiger partial charge in [-0.3, -0.25) is 0 Å². The van der Waals surface area contributed by atoms with Crippen LogP contribution in [0.1, 0.15) is 22.4 Å². The molecule has 0 bridgehead atoms. The zero-order valence-electron chi connectivity index (χ0n) is 11.4. The molecule has 0 aliphatic rings. The molecule has 3 rings (SSSR count). The zero-order chi connectivity index (χ0) is 15.0. The molecule has 0 atom stereocenters. The van der Waals surface area contributed by atoms with Crippen LogP contribution in [0, 0.1) is 0 Å². The summed E-state index contributed by atoms with van der Waals surface area (Å²) in [6.45, 7) is 2.06. The minimum Gasteiger partial charge on any atom is -0.463 e. The molecular formula is C12H12N6O2S. The monoisotopic (exact) mass is 304 g/mol. The van der Waals surface area contributed by atoms with Crippen LogP contribution in [0.5, 0.6) is 0 Å². The number of anilines is 1. The van der Waals surface area contributed by atoms with Crippen molar-refractivity contribution in [2.24, 2.45) is 0 Å². The van der Waals surface area contributed by atoms with Crippen LogP contribution in [0.25, 0.3) is 16.0 Å². The first-order valence-electron chi connectivity index (χ1n) is 6.18. The molecule has 9 heteroatoms. The number of carbonyl (C=O) groups excluding carboxylic acids is 1. The summed E-state index contributed by atoms with van der Waals surface area (Å²) in [5.41, 5.74) is 5.74. The summed E-state index contributed by atoms with van der Waals surface area (Å²) in [7, 11) is 1.27. The molecule has 8 nitrogen and oxygen atoms in total. The molecule has 0 saturated carbocycles. The average molecular weight is 304 g/mol. The van der Waals surface area contributed by atoms with E-state index in [1.165, 1.54) is 23.0 Å². The summed E-state index contributed by atoms with van der Waals surface area (Å²) in [5, 5.41) is 4.89. The molecule has 108 valence electrons. The number of aromatic nitrogens is 5. The molecular weight excluding hydrogens is 292 g/mol. The highest BCUT2D eigenvalue weighted by Gasteiger charge is 2.16. The van der Waals surface area contributed by atoms with Gasteiger partial charge in [-0.05, 0) is 12.5 Å². The molecule has 0 amide bonds. The van der Waals surface area contributed by atoms with Gasteiger partial charge in [0.05, 0.1) is 12.5 Å². The van der Waals surface area contributed by atoms with Gasteiger partial charge in [0.1, 0.15) is 11.2 Å². The van der Waals surface area contributed by atoms with Crippen molar-refractivity contribution in [1.29, 1.82) is 0 Å². The maximum atomic E-state index is 11.4. The number of nitrogens with two attached hydrogens (primary N) is 1. The smallest absolute Gasteiger partial charge is 0.377 e. The molecule has 0 unspecified atom stereocenters. The second-order valence-electron chi connectivity index (χ2n) is 4.19. The highest BCUT2D eigenvalue weighted by atomic mass is 32.1. The first-order valence-corrected chi connectivity index (χ1v) is 7.00. The Morgan fingerprint density at radius 1 is 1.48 bits per heavy atom. The second-order valence-corrected chi connectivity index (χ2v) is 5.31. The van der Waals surface area contributed by atoms with E-state index < -0.39 is 5.97 Å². The molecule has 2 N–H and O–H groups in total. The predicted molar refractivity (Wildman–Crippen MR) is 77.5 cm³/mol. The van der Waals surface area contributed by atoms with Crippen LogP contribution in [-0.2, 0) is 11.2 Å². The first-order chi connectivity index (χ1) is 10.1. The number of hydrogen-bond acceptors (Lipinski definition) is 8. The van der Waals surface area contributed by atoms with Gasteiger partial charge in [0, 0.05) is 4.88 Å². The van der Waals surface area contributed by atoms with Crippen molar-refractivity contribution in [3.63, 3.8) is 0 Å². The van der Waals surface area contributed by atoms with Gasteiger partial charge in [-0.2, -0.15) is 4.98 Å². The van der Waals surface area contributed by atoms with Crippen LogP contribution in [0.4, 0.5) is 5.95 Å². The lowest BCUT2D eigenvalue weighted by atomic mass is 10.3. The molecule has 3 heterocycles. The van der Waals surface area contributed by atoms with Crippen molar-refractivity contribution in [2.45, 2.75) is 13.3 Å². The topological polar surface area (TPSA) is 109 Å². The summed E-state index contributed by atoms with van der Waals surface area (Å²) in [6, 6.07) is 1.99. The number of rotatable bonds is 3. The zero-order valence-corrected chi connectivity index (χ0v) is 12.2. The average Bonchev–Trinajstić information content (AvgIpc) is 3.11. The van der Waals surface area contributed by atoms with Crippen LogP contribution in [0.15, 0.2) is 12.4 Å². The number of hydrogen-bond donors (Lipinski definition) is 1. The van der Waals surface area contributed by atoms with Crippen LogP contribution in [0.3, 0.4) is 0 Å². The molecule has 0 radical (unpaired) electrons. The normalized spacial score (nSPS) is 11.0. The Kier molecular flexibility index (Phi) is 3.26. The lowest BCUT2D eigenvalue weighted by Gasteiger charge is -2.02. The van der Waals surface area contributed by atoms with Crippen LogP contribution in [-0.4, -0.2) is 37.8 Å². The van der Waals surface area contributed by atoms with Gasteiger partial charge < -0.3 is 10.5 Å². The number of carbonyl (C=O) groups is 1. The number of nitrogen functional groups attached to an aromatic ring is 1. The third-order valence-electron chi connectivity index (χ3n) is 2.87. The van der Waals surface area contributed by atoms with E-state index in [4.69, 9.17) is 5.73 Å². The van der Waals surface area contributed by atoms with E-state index in [1.54, 1.807) is 11.3 Å². The lowest BCUT2D eigenvalue weighted by Crippen LogP contribution is -2.07. The number of aryl methyl sites for hydroxylation is 1. The summed E-state index contributed by atoms with van der Waals surface area (Å²) in [6.07, 6.45) is 2.29. The summed E-state index contributed by atoms with van der Waals surface area (Å²) in [4.78, 5) is 25.7. The lowest BCUT2D eigenvalue weighted by molar-refractivity contribution is 0.0587. The Morgan fingerprint density at radius 3 is 3.00 bits per heavy atom. The minimum atomic E-state index is -0.605. The molecule has 0 spiro atoms. The minimum absolute atomic E-state index is 0.0335. The van der Waals surface area contributed by atoms with E-state index in [-0.39, 0.29) is 11.8 Å². The van der Waals surface area contributed by atoms with E-state index in [2.05, 4.69) is 31.7 Å². The van der Waals surface area contributed by atoms with Crippen LogP contribution >= 0.6 is 11.3 Å². The number of ether oxygens (including phenoxy) is 1. The fraction of sp³-hybridized carbons (Fsp3) is 0.250. The quantitative estimate of drug-likeness (QED) is 0.724. The van der Waals surface area contributed by atoms with Gasteiger partial charge in [-0.1, -0.05) is 6.92 Å². The number of fused-ring (bicyclic) bond motifs is 1. The maximum Gasteiger partial charge on any atom is 0.377 e. The van der Waals surface area contributed by atoms with E-state index in [1.807, 2.05) is 6.07 Å². The Morgan fingerprint density at radius 2 is 2.29 bits per heavy atom. The van der Waals surface area contributed by atoms with Crippen molar-refractivity contribution in [2.75, 3.05) is 12.8 Å². The Labute approximate surface area is 123 Å². The number of nitrogens with zero attached hydrogens (tertiary/aromatic N) is 5. The predicted octanol–water partition coefficient (Wildman–Crippen LogP) is 1.20. The van der Waals surface area contributed by atoms with E-state index in [0.717, 1.165) is 16.6 Å². The van der Waals surface area contributed by atoms with Gasteiger partial charge in [0.2, 0.25) is 5.95 Å². The first kappa shape index (κ1) is 13.4. The highest BCUT2D eigenvalue weighted by Crippen LogP contribution is 2.28. The van der Waals surface area contributed by atoms with Crippen LogP contribution in [0.2, 0.25) is 0 Å². The standard InChI is InChI=1S/C12H12N6O2S/c1-3-6-4-7-9(15-12(13)16-10(7)21-6)18-5-14-8(17-18)11(19)20-2/h4-5H,3H2,1-2H3,(H2,13,15,16). The molecule has 0 saturated heterocycles. The Hall–Kier alpha value is -2.55. The largest absolute Gasteiger partial charge is 0.463 e. The Balaban J connectivity index is 2.16. The number of esters is 1. The molecule has 0 aliphatic carbocycles. The second kappa shape index (κ2) is 5.09. The van der Waals surface area contributed by atoms with Crippen LogP contribution < -0.4 is 5.73 Å².